The van der Waals surface area contributed by atoms with E-state index in [2.05, 4.69) is 51.7 Å². The van der Waals surface area contributed by atoms with Crippen molar-refractivity contribution in [1.82, 2.24) is 14.8 Å². The lowest BCUT2D eigenvalue weighted by Crippen LogP contribution is -2.32. The zero-order chi connectivity index (χ0) is 14.3. The minimum absolute atomic E-state index is 0.189. The molecule has 0 saturated heterocycles. The first-order valence-electron chi connectivity index (χ1n) is 6.91. The average molecular weight is 335 g/mol. The minimum Gasteiger partial charge on any atom is -0.369 e. The van der Waals surface area contributed by atoms with Gasteiger partial charge in [0.15, 0.2) is 0 Å². The predicted octanol–water partition coefficient (Wildman–Crippen LogP) is 4.11. The van der Waals surface area contributed by atoms with E-state index in [1.165, 1.54) is 0 Å². The van der Waals surface area contributed by atoms with Crippen molar-refractivity contribution >= 4 is 21.7 Å². The van der Waals surface area contributed by atoms with Crippen molar-refractivity contribution in [3.05, 3.63) is 29.0 Å². The van der Waals surface area contributed by atoms with Crippen molar-refractivity contribution in [2.24, 2.45) is 5.41 Å². The van der Waals surface area contributed by atoms with Gasteiger partial charge in [-0.1, -0.05) is 20.8 Å². The van der Waals surface area contributed by atoms with Crippen LogP contribution in [-0.2, 0) is 0 Å². The zero-order valence-electron chi connectivity index (χ0n) is 12.0. The molecular weight excluding hydrogens is 316 g/mol. The molecule has 3 heterocycles. The Bertz CT molecular complexity index is 613. The predicted molar refractivity (Wildman–Crippen MR) is 84.8 cm³/mol. The van der Waals surface area contributed by atoms with Crippen LogP contribution in [0.15, 0.2) is 29.0 Å². The van der Waals surface area contributed by atoms with Gasteiger partial charge in [-0.3, -0.25) is 4.98 Å². The summed E-state index contributed by atoms with van der Waals surface area (Å²) < 4.78 is 3.16. The first-order chi connectivity index (χ1) is 9.48. The van der Waals surface area contributed by atoms with E-state index >= 15 is 0 Å². The number of hydrogen-bond acceptors (Lipinski definition) is 3. The molecular formula is C15H19BrN4. The number of rotatable bonds is 1. The van der Waals surface area contributed by atoms with Crippen molar-refractivity contribution < 1.29 is 0 Å². The van der Waals surface area contributed by atoms with E-state index in [9.17, 15) is 0 Å². The molecule has 1 unspecified atom stereocenters. The molecule has 5 heteroatoms. The van der Waals surface area contributed by atoms with E-state index in [1.54, 1.807) is 6.20 Å². The second-order valence-electron chi connectivity index (χ2n) is 6.29. The molecule has 0 spiro atoms. The Balaban J connectivity index is 2.12. The molecule has 1 aliphatic heterocycles. The standard InChI is InChI=1S/C15H19BrN4/c1-15(2,3)11-6-8-18-14-12(16)13(19-20(11)14)10-5-4-7-17-9-10/h4-5,7,9,11,18H,6,8H2,1-3H3. The molecule has 0 radical (unpaired) electrons. The fourth-order valence-corrected chi connectivity index (χ4v) is 3.37. The summed E-state index contributed by atoms with van der Waals surface area (Å²) in [6.45, 7) is 7.79. The highest BCUT2D eigenvalue weighted by Gasteiger charge is 2.33. The maximum absolute atomic E-state index is 4.84. The first kappa shape index (κ1) is 13.6. The summed E-state index contributed by atoms with van der Waals surface area (Å²) in [5, 5.41) is 8.29. The van der Waals surface area contributed by atoms with Gasteiger partial charge in [0.05, 0.1) is 10.5 Å². The average Bonchev–Trinajstić information content (AvgIpc) is 2.76. The monoisotopic (exact) mass is 334 g/mol. The van der Waals surface area contributed by atoms with Crippen LogP contribution in [0, 0.1) is 5.41 Å². The van der Waals surface area contributed by atoms with Crippen molar-refractivity contribution in [3.63, 3.8) is 0 Å². The highest BCUT2D eigenvalue weighted by molar-refractivity contribution is 9.10. The van der Waals surface area contributed by atoms with Crippen molar-refractivity contribution in [3.8, 4) is 11.3 Å². The van der Waals surface area contributed by atoms with Crippen LogP contribution in [0.1, 0.15) is 33.2 Å². The summed E-state index contributed by atoms with van der Waals surface area (Å²) in [6, 6.07) is 4.38. The number of nitrogens with one attached hydrogen (secondary N) is 1. The fourth-order valence-electron chi connectivity index (χ4n) is 2.74. The summed E-state index contributed by atoms with van der Waals surface area (Å²) in [4.78, 5) is 4.19. The van der Waals surface area contributed by atoms with E-state index in [-0.39, 0.29) is 5.41 Å². The Kier molecular flexibility index (Phi) is 3.32. The summed E-state index contributed by atoms with van der Waals surface area (Å²) in [6.07, 6.45) is 4.73. The summed E-state index contributed by atoms with van der Waals surface area (Å²) >= 11 is 3.69. The van der Waals surface area contributed by atoms with Crippen molar-refractivity contribution in [2.75, 3.05) is 11.9 Å². The van der Waals surface area contributed by atoms with Crippen LogP contribution < -0.4 is 5.32 Å². The van der Waals surface area contributed by atoms with Gasteiger partial charge in [0, 0.05) is 24.5 Å². The molecule has 3 rings (SSSR count). The quantitative estimate of drug-likeness (QED) is 0.853. The van der Waals surface area contributed by atoms with E-state index in [4.69, 9.17) is 5.10 Å². The molecule has 106 valence electrons. The number of aromatic nitrogens is 3. The van der Waals surface area contributed by atoms with E-state index in [1.807, 2.05) is 18.3 Å². The first-order valence-corrected chi connectivity index (χ1v) is 7.70. The van der Waals surface area contributed by atoms with Crippen LogP contribution in [0.2, 0.25) is 0 Å². The summed E-state index contributed by atoms with van der Waals surface area (Å²) in [5.41, 5.74) is 2.18. The summed E-state index contributed by atoms with van der Waals surface area (Å²) in [7, 11) is 0. The Hall–Kier alpha value is -1.36. The number of pyridine rings is 1. The second-order valence-corrected chi connectivity index (χ2v) is 7.09. The molecule has 2 aromatic heterocycles. The third-order valence-corrected chi connectivity index (χ3v) is 4.54. The SMILES string of the molecule is CC(C)(C)C1CCNc2c(Br)c(-c3cccnc3)nn21. The van der Waals surface area contributed by atoms with Gasteiger partial charge < -0.3 is 5.32 Å². The van der Waals surface area contributed by atoms with Gasteiger partial charge >= 0.3 is 0 Å². The van der Waals surface area contributed by atoms with Gasteiger partial charge in [-0.05, 0) is 39.9 Å². The lowest BCUT2D eigenvalue weighted by atomic mass is 9.84. The maximum Gasteiger partial charge on any atom is 0.139 e. The number of anilines is 1. The molecule has 1 aliphatic rings. The molecule has 0 fully saturated rings. The minimum atomic E-state index is 0.189. The Morgan fingerprint density at radius 1 is 1.40 bits per heavy atom. The van der Waals surface area contributed by atoms with Crippen LogP contribution in [-0.4, -0.2) is 21.3 Å². The highest BCUT2D eigenvalue weighted by atomic mass is 79.9. The summed E-state index contributed by atoms with van der Waals surface area (Å²) in [5.74, 6) is 1.08. The van der Waals surface area contributed by atoms with Crippen LogP contribution >= 0.6 is 15.9 Å². The number of nitrogens with zero attached hydrogens (tertiary/aromatic N) is 3. The maximum atomic E-state index is 4.84. The van der Waals surface area contributed by atoms with Gasteiger partial charge in [0.2, 0.25) is 0 Å². The number of hydrogen-bond donors (Lipinski definition) is 1. The molecule has 0 aliphatic carbocycles. The molecule has 1 N–H and O–H groups in total. The highest BCUT2D eigenvalue weighted by Crippen LogP contribution is 2.43. The van der Waals surface area contributed by atoms with Crippen LogP contribution in [0.3, 0.4) is 0 Å². The molecule has 2 aromatic rings. The van der Waals surface area contributed by atoms with Gasteiger partial charge in [-0.25, -0.2) is 4.68 Å². The number of fused-ring (bicyclic) bond motifs is 1. The lowest BCUT2D eigenvalue weighted by Gasteiger charge is -2.35. The third kappa shape index (κ3) is 2.24. The van der Waals surface area contributed by atoms with Crippen LogP contribution in [0.5, 0.6) is 0 Å². The van der Waals surface area contributed by atoms with Crippen LogP contribution in [0.25, 0.3) is 11.3 Å². The second kappa shape index (κ2) is 4.88. The van der Waals surface area contributed by atoms with Gasteiger partial charge in [0.1, 0.15) is 11.5 Å². The topological polar surface area (TPSA) is 42.7 Å². The van der Waals surface area contributed by atoms with Gasteiger partial charge in [0.25, 0.3) is 0 Å². The van der Waals surface area contributed by atoms with E-state index < -0.39 is 0 Å². The zero-order valence-corrected chi connectivity index (χ0v) is 13.6. The van der Waals surface area contributed by atoms with Gasteiger partial charge in [-0.15, -0.1) is 0 Å². The Labute approximate surface area is 127 Å². The van der Waals surface area contributed by atoms with E-state index in [0.29, 0.717) is 6.04 Å². The van der Waals surface area contributed by atoms with Crippen LogP contribution in [0.4, 0.5) is 5.82 Å². The fraction of sp³-hybridized carbons (Fsp3) is 0.467. The molecule has 0 aromatic carbocycles. The smallest absolute Gasteiger partial charge is 0.139 e. The molecule has 0 saturated carbocycles. The van der Waals surface area contributed by atoms with Crippen molar-refractivity contribution in [1.29, 1.82) is 0 Å². The number of halogens is 1. The Morgan fingerprint density at radius 2 is 2.20 bits per heavy atom. The molecule has 0 bridgehead atoms. The largest absolute Gasteiger partial charge is 0.369 e. The molecule has 1 atom stereocenters. The van der Waals surface area contributed by atoms with Gasteiger partial charge in [-0.2, -0.15) is 5.10 Å². The lowest BCUT2D eigenvalue weighted by molar-refractivity contribution is 0.210. The molecule has 0 amide bonds. The third-order valence-electron chi connectivity index (χ3n) is 3.79. The molecule has 20 heavy (non-hydrogen) atoms. The molecule has 4 nitrogen and oxygen atoms in total. The van der Waals surface area contributed by atoms with Crippen molar-refractivity contribution in [2.45, 2.75) is 33.2 Å². The Morgan fingerprint density at radius 3 is 2.85 bits per heavy atom. The normalized spacial score (nSPS) is 18.5. The van der Waals surface area contributed by atoms with E-state index in [0.717, 1.165) is 34.5 Å².